The molecule has 0 radical (unpaired) electrons. The zero-order valence-corrected chi connectivity index (χ0v) is 20.5. The molecule has 0 bridgehead atoms. The number of nitrogens with one attached hydrogen (secondary N) is 2. The van der Waals surface area contributed by atoms with Crippen molar-refractivity contribution < 1.29 is 14.4 Å². The molecule has 10 heteroatoms. The summed E-state index contributed by atoms with van der Waals surface area (Å²) < 4.78 is 0. The molecule has 3 amide bonds. The van der Waals surface area contributed by atoms with Crippen LogP contribution in [-0.2, 0) is 9.59 Å². The van der Waals surface area contributed by atoms with E-state index in [0.717, 1.165) is 10.5 Å². The van der Waals surface area contributed by atoms with Crippen molar-refractivity contribution in [2.75, 3.05) is 15.5 Å². The molecule has 34 heavy (non-hydrogen) atoms. The Bertz CT molecular complexity index is 1390. The number of aryl methyl sites for hydroxylation is 1. The molecule has 0 aromatic heterocycles. The Morgan fingerprint density at radius 2 is 1.62 bits per heavy atom. The molecule has 0 saturated heterocycles. The van der Waals surface area contributed by atoms with Crippen molar-refractivity contribution in [1.29, 1.82) is 0 Å². The molecular weight excluding hydrogens is 520 g/mol. The summed E-state index contributed by atoms with van der Waals surface area (Å²) in [5.74, 6) is -1.75. The topological polar surface area (TPSA) is 78.5 Å². The van der Waals surface area contributed by atoms with Crippen LogP contribution < -0.4 is 15.5 Å². The van der Waals surface area contributed by atoms with E-state index in [1.165, 1.54) is 18.2 Å². The Kier molecular flexibility index (Phi) is 6.86. The van der Waals surface area contributed by atoms with E-state index in [4.69, 9.17) is 46.4 Å². The molecule has 4 rings (SSSR count). The Labute approximate surface area is 215 Å². The summed E-state index contributed by atoms with van der Waals surface area (Å²) in [4.78, 5) is 39.3. The molecule has 0 fully saturated rings. The highest BCUT2D eigenvalue weighted by atomic mass is 35.5. The molecule has 172 valence electrons. The third kappa shape index (κ3) is 4.76. The molecule has 1 heterocycles. The number of amides is 3. The number of carbonyl (C=O) groups is 3. The number of rotatable bonds is 5. The van der Waals surface area contributed by atoms with Crippen molar-refractivity contribution >= 4 is 81.2 Å². The van der Waals surface area contributed by atoms with Crippen molar-refractivity contribution in [3.8, 4) is 0 Å². The molecule has 0 unspecified atom stereocenters. The van der Waals surface area contributed by atoms with Gasteiger partial charge in [0.25, 0.3) is 17.7 Å². The molecule has 0 atom stereocenters. The highest BCUT2D eigenvalue weighted by molar-refractivity contribution is 6.53. The SMILES string of the molecule is Cc1ccc(N2C(=O)C(Cl)=C(Nc3cccc(C(=O)Nc4ccc(Cl)cc4Cl)c3)C2=O)cc1Cl. The summed E-state index contributed by atoms with van der Waals surface area (Å²) >= 11 is 24.4. The van der Waals surface area contributed by atoms with E-state index < -0.39 is 17.7 Å². The van der Waals surface area contributed by atoms with E-state index >= 15 is 0 Å². The summed E-state index contributed by atoms with van der Waals surface area (Å²) in [7, 11) is 0. The van der Waals surface area contributed by atoms with Gasteiger partial charge in [-0.2, -0.15) is 0 Å². The van der Waals surface area contributed by atoms with Gasteiger partial charge in [0.1, 0.15) is 10.7 Å². The molecule has 1 aliphatic heterocycles. The van der Waals surface area contributed by atoms with Crippen LogP contribution in [-0.4, -0.2) is 17.7 Å². The van der Waals surface area contributed by atoms with Crippen LogP contribution in [0, 0.1) is 6.92 Å². The maximum atomic E-state index is 13.0. The van der Waals surface area contributed by atoms with Crippen LogP contribution in [0.1, 0.15) is 15.9 Å². The lowest BCUT2D eigenvalue weighted by molar-refractivity contribution is -0.120. The lowest BCUT2D eigenvalue weighted by Gasteiger charge is -2.16. The molecule has 2 N–H and O–H groups in total. The van der Waals surface area contributed by atoms with Gasteiger partial charge >= 0.3 is 0 Å². The van der Waals surface area contributed by atoms with Gasteiger partial charge in [-0.15, -0.1) is 0 Å². The van der Waals surface area contributed by atoms with Crippen molar-refractivity contribution in [3.05, 3.63) is 97.6 Å². The third-order valence-corrected chi connectivity index (χ3v) is 6.32. The lowest BCUT2D eigenvalue weighted by Crippen LogP contribution is -2.32. The quantitative estimate of drug-likeness (QED) is 0.359. The first-order chi connectivity index (χ1) is 16.2. The monoisotopic (exact) mass is 533 g/mol. The number of nitrogens with zero attached hydrogens (tertiary/aromatic N) is 1. The number of hydrogen-bond acceptors (Lipinski definition) is 4. The lowest BCUT2D eigenvalue weighted by atomic mass is 10.1. The van der Waals surface area contributed by atoms with E-state index in [2.05, 4.69) is 10.6 Å². The number of carbonyl (C=O) groups excluding carboxylic acids is 3. The zero-order chi connectivity index (χ0) is 24.6. The van der Waals surface area contributed by atoms with Gasteiger partial charge in [-0.3, -0.25) is 14.4 Å². The van der Waals surface area contributed by atoms with Gasteiger partial charge in [0, 0.05) is 21.3 Å². The molecular formula is C24H15Cl4N3O3. The smallest absolute Gasteiger partial charge is 0.283 e. The summed E-state index contributed by atoms with van der Waals surface area (Å²) in [5, 5.41) is 6.42. The number of imide groups is 1. The Balaban J connectivity index is 1.55. The summed E-state index contributed by atoms with van der Waals surface area (Å²) in [6, 6.07) is 15.9. The Hall–Kier alpha value is -3.03. The average Bonchev–Trinajstić information content (AvgIpc) is 3.01. The molecule has 0 spiro atoms. The summed E-state index contributed by atoms with van der Waals surface area (Å²) in [6.45, 7) is 1.81. The Morgan fingerprint density at radius 3 is 2.32 bits per heavy atom. The average molecular weight is 535 g/mol. The van der Waals surface area contributed by atoms with Gasteiger partial charge in [-0.05, 0) is 61.0 Å². The van der Waals surface area contributed by atoms with Gasteiger partial charge in [-0.25, -0.2) is 4.90 Å². The minimum absolute atomic E-state index is 0.110. The number of anilines is 3. The van der Waals surface area contributed by atoms with E-state index in [9.17, 15) is 14.4 Å². The first-order valence-corrected chi connectivity index (χ1v) is 11.3. The van der Waals surface area contributed by atoms with Crippen LogP contribution in [0.3, 0.4) is 0 Å². The first kappa shape index (κ1) is 24.1. The predicted molar refractivity (Wildman–Crippen MR) is 136 cm³/mol. The van der Waals surface area contributed by atoms with Crippen LogP contribution in [0.5, 0.6) is 0 Å². The fourth-order valence-corrected chi connectivity index (χ4v) is 4.08. The first-order valence-electron chi connectivity index (χ1n) is 9.84. The maximum Gasteiger partial charge on any atom is 0.283 e. The number of halogens is 4. The normalized spacial score (nSPS) is 13.5. The van der Waals surface area contributed by atoms with E-state index in [0.29, 0.717) is 32.1 Å². The van der Waals surface area contributed by atoms with E-state index in [1.807, 2.05) is 6.92 Å². The van der Waals surface area contributed by atoms with Crippen LogP contribution >= 0.6 is 46.4 Å². The van der Waals surface area contributed by atoms with Crippen LogP contribution in [0.25, 0.3) is 0 Å². The second-order valence-corrected chi connectivity index (χ2v) is 8.98. The minimum atomic E-state index is -0.680. The van der Waals surface area contributed by atoms with E-state index in [1.54, 1.807) is 42.5 Å². The van der Waals surface area contributed by atoms with E-state index in [-0.39, 0.29) is 16.3 Å². The highest BCUT2D eigenvalue weighted by Crippen LogP contribution is 2.32. The predicted octanol–water partition coefficient (Wildman–Crippen LogP) is 6.64. The maximum absolute atomic E-state index is 13.0. The van der Waals surface area contributed by atoms with Gasteiger partial charge in [0.05, 0.1) is 16.4 Å². The fourth-order valence-electron chi connectivity index (χ4n) is 3.23. The highest BCUT2D eigenvalue weighted by Gasteiger charge is 2.39. The van der Waals surface area contributed by atoms with Crippen LogP contribution in [0.4, 0.5) is 17.1 Å². The second-order valence-electron chi connectivity index (χ2n) is 7.35. The fraction of sp³-hybridized carbons (Fsp3) is 0.0417. The minimum Gasteiger partial charge on any atom is -0.350 e. The largest absolute Gasteiger partial charge is 0.350 e. The van der Waals surface area contributed by atoms with Crippen molar-refractivity contribution in [2.45, 2.75) is 6.92 Å². The van der Waals surface area contributed by atoms with Crippen molar-refractivity contribution in [2.24, 2.45) is 0 Å². The second kappa shape index (κ2) is 9.68. The molecule has 0 saturated carbocycles. The number of hydrogen-bond donors (Lipinski definition) is 2. The van der Waals surface area contributed by atoms with Gasteiger partial charge < -0.3 is 10.6 Å². The van der Waals surface area contributed by atoms with Crippen molar-refractivity contribution in [1.82, 2.24) is 0 Å². The summed E-state index contributed by atoms with van der Waals surface area (Å²) in [5.41, 5.74) is 2.05. The Morgan fingerprint density at radius 1 is 0.853 bits per heavy atom. The molecule has 6 nitrogen and oxygen atoms in total. The van der Waals surface area contributed by atoms with Crippen LogP contribution in [0.15, 0.2) is 71.4 Å². The van der Waals surface area contributed by atoms with Gasteiger partial charge in [-0.1, -0.05) is 58.5 Å². The zero-order valence-electron chi connectivity index (χ0n) is 17.5. The van der Waals surface area contributed by atoms with Crippen LogP contribution in [0.2, 0.25) is 15.1 Å². The molecule has 3 aromatic carbocycles. The summed E-state index contributed by atoms with van der Waals surface area (Å²) in [6.07, 6.45) is 0. The van der Waals surface area contributed by atoms with Crippen molar-refractivity contribution in [3.63, 3.8) is 0 Å². The molecule has 0 aliphatic carbocycles. The third-order valence-electron chi connectivity index (χ3n) is 5.01. The standard InChI is InChI=1S/C24H15Cl4N3O3/c1-12-5-7-16(11-17(12)26)31-23(33)20(28)21(24(31)34)29-15-4-2-3-13(9-15)22(32)30-19-8-6-14(25)10-18(19)27/h2-11,29H,1H3,(H,30,32). The van der Waals surface area contributed by atoms with Gasteiger partial charge in [0.2, 0.25) is 0 Å². The number of benzene rings is 3. The molecule has 1 aliphatic rings. The molecule has 3 aromatic rings. The van der Waals surface area contributed by atoms with Gasteiger partial charge in [0.15, 0.2) is 0 Å².